The maximum absolute atomic E-state index is 12.3. The van der Waals surface area contributed by atoms with Gasteiger partial charge in [0.1, 0.15) is 6.61 Å². The minimum absolute atomic E-state index is 0.122. The van der Waals surface area contributed by atoms with Gasteiger partial charge >= 0.3 is 6.09 Å². The second-order valence-corrected chi connectivity index (χ2v) is 6.17. The van der Waals surface area contributed by atoms with Crippen LogP contribution in [0.15, 0.2) is 30.3 Å². The van der Waals surface area contributed by atoms with Gasteiger partial charge < -0.3 is 4.74 Å². The molecule has 1 aromatic carbocycles. The van der Waals surface area contributed by atoms with Gasteiger partial charge in [-0.25, -0.2) is 9.69 Å². The van der Waals surface area contributed by atoms with Crippen LogP contribution in [0.1, 0.15) is 26.3 Å². The van der Waals surface area contributed by atoms with Gasteiger partial charge in [0.15, 0.2) is 0 Å². The van der Waals surface area contributed by atoms with E-state index in [1.807, 2.05) is 30.3 Å². The third-order valence-corrected chi connectivity index (χ3v) is 3.37. The van der Waals surface area contributed by atoms with Crippen LogP contribution in [0, 0.1) is 5.41 Å². The van der Waals surface area contributed by atoms with Gasteiger partial charge in [-0.05, 0) is 12.0 Å². The number of hydrogen-bond donors (Lipinski definition) is 0. The van der Waals surface area contributed by atoms with Gasteiger partial charge in [-0.1, -0.05) is 51.1 Å². The maximum atomic E-state index is 12.3. The third-order valence-electron chi connectivity index (χ3n) is 3.37. The molecule has 2 rings (SSSR count). The first-order chi connectivity index (χ1) is 9.80. The molecule has 1 atom stereocenters. The second kappa shape index (κ2) is 5.68. The van der Waals surface area contributed by atoms with E-state index < -0.39 is 29.2 Å². The van der Waals surface area contributed by atoms with Crippen molar-refractivity contribution < 1.29 is 19.1 Å². The summed E-state index contributed by atoms with van der Waals surface area (Å²) in [5, 5.41) is 0. The molecule has 1 aliphatic rings. The van der Waals surface area contributed by atoms with Crippen molar-refractivity contribution in [2.45, 2.75) is 33.2 Å². The summed E-state index contributed by atoms with van der Waals surface area (Å²) < 4.78 is 4.95. The molecule has 2 amide bonds. The zero-order valence-electron chi connectivity index (χ0n) is 12.5. The van der Waals surface area contributed by atoms with Crippen LogP contribution >= 0.6 is 0 Å². The number of Topliss-reactive ketones (excluding diaryl/α,β-unsaturated/α-hetero) is 1. The molecule has 0 spiro atoms. The normalized spacial score (nSPS) is 18.5. The van der Waals surface area contributed by atoms with Crippen molar-refractivity contribution in [3.8, 4) is 0 Å². The van der Waals surface area contributed by atoms with E-state index >= 15 is 0 Å². The lowest BCUT2D eigenvalue weighted by Gasteiger charge is -2.23. The number of nitrogens with zero attached hydrogens (tertiary/aromatic N) is 1. The summed E-state index contributed by atoms with van der Waals surface area (Å²) in [6.07, 6.45) is -0.256. The SMILES string of the molecule is CC(C)(C)C(=O)C(=O)N1C(=O)OC[C@H]1Cc1ccccc1. The molecule has 1 saturated heterocycles. The molecule has 5 heteroatoms. The Morgan fingerprint density at radius 2 is 1.86 bits per heavy atom. The Labute approximate surface area is 123 Å². The van der Waals surface area contributed by atoms with E-state index in [4.69, 9.17) is 4.74 Å². The molecule has 0 bridgehead atoms. The van der Waals surface area contributed by atoms with E-state index in [1.54, 1.807) is 20.8 Å². The third kappa shape index (κ3) is 3.29. The zero-order chi connectivity index (χ0) is 15.6. The predicted molar refractivity (Wildman–Crippen MR) is 76.6 cm³/mol. The fourth-order valence-electron chi connectivity index (χ4n) is 2.18. The van der Waals surface area contributed by atoms with Crippen LogP contribution in [0.25, 0.3) is 0 Å². The highest BCUT2D eigenvalue weighted by atomic mass is 16.6. The Morgan fingerprint density at radius 3 is 2.43 bits per heavy atom. The zero-order valence-corrected chi connectivity index (χ0v) is 12.5. The van der Waals surface area contributed by atoms with Crippen molar-refractivity contribution in [3.05, 3.63) is 35.9 Å². The van der Waals surface area contributed by atoms with Crippen LogP contribution in [-0.2, 0) is 20.7 Å². The van der Waals surface area contributed by atoms with Gasteiger partial charge in [0, 0.05) is 5.41 Å². The minimum atomic E-state index is -0.822. The molecular formula is C16H19NO4. The van der Waals surface area contributed by atoms with E-state index in [2.05, 4.69) is 0 Å². The van der Waals surface area contributed by atoms with Crippen LogP contribution < -0.4 is 0 Å². The molecule has 0 radical (unpaired) electrons. The number of amides is 2. The molecule has 21 heavy (non-hydrogen) atoms. The summed E-state index contributed by atoms with van der Waals surface area (Å²) in [5.41, 5.74) is 0.166. The van der Waals surface area contributed by atoms with Gasteiger partial charge in [0.05, 0.1) is 6.04 Å². The van der Waals surface area contributed by atoms with Crippen LogP contribution in [0.5, 0.6) is 0 Å². The molecular weight excluding hydrogens is 270 g/mol. The largest absolute Gasteiger partial charge is 0.447 e. The molecule has 1 fully saturated rings. The molecule has 5 nitrogen and oxygen atoms in total. The summed E-state index contributed by atoms with van der Waals surface area (Å²) in [4.78, 5) is 37.1. The fourth-order valence-corrected chi connectivity index (χ4v) is 2.18. The highest BCUT2D eigenvalue weighted by Gasteiger charge is 2.43. The molecule has 1 aromatic rings. The molecule has 0 saturated carbocycles. The van der Waals surface area contributed by atoms with E-state index in [0.29, 0.717) is 6.42 Å². The van der Waals surface area contributed by atoms with E-state index in [0.717, 1.165) is 10.5 Å². The molecule has 1 aliphatic heterocycles. The first-order valence-corrected chi connectivity index (χ1v) is 6.89. The lowest BCUT2D eigenvalue weighted by Crippen LogP contribution is -2.47. The number of cyclic esters (lactones) is 1. The number of rotatable bonds is 3. The van der Waals surface area contributed by atoms with Gasteiger partial charge in [-0.3, -0.25) is 9.59 Å². The number of ether oxygens (including phenoxy) is 1. The highest BCUT2D eigenvalue weighted by Crippen LogP contribution is 2.22. The predicted octanol–water partition coefficient (Wildman–Crippen LogP) is 2.19. The molecule has 0 unspecified atom stereocenters. The summed E-state index contributed by atoms with van der Waals surface area (Å²) in [6.45, 7) is 5.08. The highest BCUT2D eigenvalue weighted by molar-refractivity contribution is 6.40. The van der Waals surface area contributed by atoms with E-state index in [9.17, 15) is 14.4 Å². The Kier molecular flexibility index (Phi) is 4.11. The van der Waals surface area contributed by atoms with Gasteiger partial charge in [-0.15, -0.1) is 0 Å². The van der Waals surface area contributed by atoms with Crippen LogP contribution in [0.4, 0.5) is 4.79 Å². The number of ketones is 1. The van der Waals surface area contributed by atoms with Gasteiger partial charge in [0.25, 0.3) is 5.91 Å². The van der Waals surface area contributed by atoms with Crippen molar-refractivity contribution in [3.63, 3.8) is 0 Å². The summed E-state index contributed by atoms with van der Waals surface area (Å²) >= 11 is 0. The Hall–Kier alpha value is -2.17. The van der Waals surface area contributed by atoms with Crippen LogP contribution in [-0.4, -0.2) is 35.3 Å². The number of imide groups is 1. The summed E-state index contributed by atoms with van der Waals surface area (Å²) in [5.74, 6) is -1.37. The molecule has 0 aromatic heterocycles. The standard InChI is InChI=1S/C16H19NO4/c1-16(2,3)13(18)14(19)17-12(10-21-15(17)20)9-11-7-5-4-6-8-11/h4-8,12H,9-10H2,1-3H3/t12-/m1/s1. The topological polar surface area (TPSA) is 63.7 Å². The Bertz CT molecular complexity index is 559. The minimum Gasteiger partial charge on any atom is -0.447 e. The number of benzene rings is 1. The Morgan fingerprint density at radius 1 is 1.24 bits per heavy atom. The van der Waals surface area contributed by atoms with Crippen molar-refractivity contribution >= 4 is 17.8 Å². The first-order valence-electron chi connectivity index (χ1n) is 6.89. The monoisotopic (exact) mass is 289 g/mol. The maximum Gasteiger partial charge on any atom is 0.417 e. The summed E-state index contributed by atoms with van der Waals surface area (Å²) in [6, 6.07) is 9.07. The number of carbonyl (C=O) groups is 3. The molecule has 112 valence electrons. The Balaban J connectivity index is 2.17. The summed E-state index contributed by atoms with van der Waals surface area (Å²) in [7, 11) is 0. The quantitative estimate of drug-likeness (QED) is 0.800. The second-order valence-electron chi connectivity index (χ2n) is 6.17. The average molecular weight is 289 g/mol. The first kappa shape index (κ1) is 15.2. The van der Waals surface area contributed by atoms with E-state index in [1.165, 1.54) is 0 Å². The molecule has 0 N–H and O–H groups in total. The average Bonchev–Trinajstić information content (AvgIpc) is 2.78. The van der Waals surface area contributed by atoms with Gasteiger partial charge in [-0.2, -0.15) is 0 Å². The van der Waals surface area contributed by atoms with Crippen molar-refractivity contribution in [1.82, 2.24) is 4.90 Å². The van der Waals surface area contributed by atoms with Crippen molar-refractivity contribution in [2.75, 3.05) is 6.61 Å². The fraction of sp³-hybridized carbons (Fsp3) is 0.438. The van der Waals surface area contributed by atoms with Crippen molar-refractivity contribution in [2.24, 2.45) is 5.41 Å². The molecule has 0 aliphatic carbocycles. The number of carbonyl (C=O) groups excluding carboxylic acids is 3. The lowest BCUT2D eigenvalue weighted by molar-refractivity contribution is -0.147. The number of hydrogen-bond acceptors (Lipinski definition) is 4. The van der Waals surface area contributed by atoms with Crippen LogP contribution in [0.2, 0.25) is 0 Å². The van der Waals surface area contributed by atoms with Crippen LogP contribution in [0.3, 0.4) is 0 Å². The van der Waals surface area contributed by atoms with Gasteiger partial charge in [0.2, 0.25) is 5.78 Å². The lowest BCUT2D eigenvalue weighted by atomic mass is 9.89. The van der Waals surface area contributed by atoms with Crippen molar-refractivity contribution in [1.29, 1.82) is 0 Å². The molecule has 1 heterocycles. The van der Waals surface area contributed by atoms with E-state index in [-0.39, 0.29) is 6.61 Å². The smallest absolute Gasteiger partial charge is 0.417 e.